The maximum atomic E-state index is 10.7. The Labute approximate surface area is 107 Å². The number of benzene rings is 1. The summed E-state index contributed by atoms with van der Waals surface area (Å²) >= 11 is 0. The molecular weight excluding hydrogens is 224 g/mol. The Bertz CT molecular complexity index is 534. The van der Waals surface area contributed by atoms with Crippen LogP contribution in [0.1, 0.15) is 42.2 Å². The molecule has 0 aliphatic rings. The molecule has 0 radical (unpaired) electrons. The molecule has 2 aromatic rings. The lowest BCUT2D eigenvalue weighted by Gasteiger charge is -2.09. The molecule has 3 nitrogen and oxygen atoms in total. The Kier molecular flexibility index (Phi) is 3.82. The second-order valence-electron chi connectivity index (χ2n) is 4.38. The first-order chi connectivity index (χ1) is 8.74. The molecule has 0 bridgehead atoms. The predicted octanol–water partition coefficient (Wildman–Crippen LogP) is 3.47. The van der Waals surface area contributed by atoms with Crippen LogP contribution < -0.4 is 0 Å². The summed E-state index contributed by atoms with van der Waals surface area (Å²) in [6.45, 7) is 4.39. The standard InChI is InChI=1S/C15H16N2O/c1-3-11(2)12-4-6-13(7-5-12)15-8-14(9-18)16-10-17-15/h4-11H,3H2,1-2H3. The maximum absolute atomic E-state index is 10.7. The third-order valence-electron chi connectivity index (χ3n) is 3.20. The number of carbonyl (C=O) groups excluding carboxylic acids is 1. The summed E-state index contributed by atoms with van der Waals surface area (Å²) in [5.41, 5.74) is 3.52. The van der Waals surface area contributed by atoms with Crippen molar-refractivity contribution in [1.82, 2.24) is 9.97 Å². The molecule has 0 aliphatic carbocycles. The van der Waals surface area contributed by atoms with Crippen LogP contribution in [0.2, 0.25) is 0 Å². The van der Waals surface area contributed by atoms with Gasteiger partial charge in [-0.3, -0.25) is 4.79 Å². The Morgan fingerprint density at radius 3 is 2.56 bits per heavy atom. The van der Waals surface area contributed by atoms with Crippen LogP contribution in [-0.2, 0) is 0 Å². The van der Waals surface area contributed by atoms with Gasteiger partial charge in [0, 0.05) is 5.56 Å². The highest BCUT2D eigenvalue weighted by Crippen LogP contribution is 2.22. The molecule has 18 heavy (non-hydrogen) atoms. The van der Waals surface area contributed by atoms with Crippen molar-refractivity contribution in [3.63, 3.8) is 0 Å². The highest BCUT2D eigenvalue weighted by atomic mass is 16.1. The first kappa shape index (κ1) is 12.4. The van der Waals surface area contributed by atoms with E-state index in [4.69, 9.17) is 0 Å². The molecule has 2 rings (SSSR count). The van der Waals surface area contributed by atoms with Gasteiger partial charge < -0.3 is 0 Å². The SMILES string of the molecule is CCC(C)c1ccc(-c2cc(C=O)ncn2)cc1. The second kappa shape index (κ2) is 5.54. The number of aromatic nitrogens is 2. The van der Waals surface area contributed by atoms with E-state index in [-0.39, 0.29) is 0 Å². The van der Waals surface area contributed by atoms with E-state index >= 15 is 0 Å². The zero-order valence-electron chi connectivity index (χ0n) is 10.6. The minimum absolute atomic E-state index is 0.408. The minimum Gasteiger partial charge on any atom is -0.296 e. The van der Waals surface area contributed by atoms with Crippen molar-refractivity contribution in [1.29, 1.82) is 0 Å². The van der Waals surface area contributed by atoms with E-state index in [1.807, 2.05) is 12.1 Å². The van der Waals surface area contributed by atoms with Crippen molar-refractivity contribution >= 4 is 6.29 Å². The molecule has 0 aliphatic heterocycles. The molecule has 1 aromatic carbocycles. The minimum atomic E-state index is 0.408. The number of nitrogens with zero attached hydrogens (tertiary/aromatic N) is 2. The van der Waals surface area contributed by atoms with E-state index in [1.54, 1.807) is 6.07 Å². The molecular formula is C15H16N2O. The van der Waals surface area contributed by atoms with Gasteiger partial charge >= 0.3 is 0 Å². The number of hydrogen-bond acceptors (Lipinski definition) is 3. The van der Waals surface area contributed by atoms with E-state index in [0.717, 1.165) is 24.0 Å². The third-order valence-corrected chi connectivity index (χ3v) is 3.20. The summed E-state index contributed by atoms with van der Waals surface area (Å²) < 4.78 is 0. The Morgan fingerprint density at radius 1 is 1.22 bits per heavy atom. The highest BCUT2D eigenvalue weighted by molar-refractivity contribution is 5.74. The van der Waals surface area contributed by atoms with Gasteiger partial charge in [0.25, 0.3) is 0 Å². The van der Waals surface area contributed by atoms with Crippen LogP contribution in [0.15, 0.2) is 36.7 Å². The van der Waals surface area contributed by atoms with E-state index < -0.39 is 0 Å². The fourth-order valence-electron chi connectivity index (χ4n) is 1.81. The van der Waals surface area contributed by atoms with Gasteiger partial charge in [-0.1, -0.05) is 38.1 Å². The number of hydrogen-bond donors (Lipinski definition) is 0. The average molecular weight is 240 g/mol. The number of aldehydes is 1. The van der Waals surface area contributed by atoms with Crippen LogP contribution in [0.4, 0.5) is 0 Å². The number of rotatable bonds is 4. The van der Waals surface area contributed by atoms with Crippen molar-refractivity contribution in [2.45, 2.75) is 26.2 Å². The zero-order chi connectivity index (χ0) is 13.0. The Hall–Kier alpha value is -2.03. The van der Waals surface area contributed by atoms with Crippen LogP contribution in [0.25, 0.3) is 11.3 Å². The fourth-order valence-corrected chi connectivity index (χ4v) is 1.81. The van der Waals surface area contributed by atoms with Crippen molar-refractivity contribution in [3.05, 3.63) is 47.9 Å². The van der Waals surface area contributed by atoms with Crippen molar-refractivity contribution in [2.75, 3.05) is 0 Å². The molecule has 92 valence electrons. The van der Waals surface area contributed by atoms with Gasteiger partial charge in [0.15, 0.2) is 6.29 Å². The second-order valence-corrected chi connectivity index (χ2v) is 4.38. The van der Waals surface area contributed by atoms with E-state index in [2.05, 4.69) is 35.9 Å². The first-order valence-corrected chi connectivity index (χ1v) is 6.12. The van der Waals surface area contributed by atoms with Crippen LogP contribution in [0.5, 0.6) is 0 Å². The lowest BCUT2D eigenvalue weighted by Crippen LogP contribution is -1.93. The summed E-state index contributed by atoms with van der Waals surface area (Å²) in [5, 5.41) is 0. The molecule has 1 heterocycles. The monoisotopic (exact) mass is 240 g/mol. The average Bonchev–Trinajstić information content (AvgIpc) is 2.46. The molecule has 1 atom stereocenters. The molecule has 0 spiro atoms. The molecule has 1 aromatic heterocycles. The molecule has 0 saturated carbocycles. The summed E-state index contributed by atoms with van der Waals surface area (Å²) in [7, 11) is 0. The molecule has 3 heteroatoms. The first-order valence-electron chi connectivity index (χ1n) is 6.12. The van der Waals surface area contributed by atoms with Gasteiger partial charge in [-0.15, -0.1) is 0 Å². The molecule has 0 N–H and O–H groups in total. The Morgan fingerprint density at radius 2 is 1.94 bits per heavy atom. The molecule has 0 saturated heterocycles. The zero-order valence-corrected chi connectivity index (χ0v) is 10.6. The highest BCUT2D eigenvalue weighted by Gasteiger charge is 2.05. The summed E-state index contributed by atoms with van der Waals surface area (Å²) in [6, 6.07) is 10.0. The van der Waals surface area contributed by atoms with Gasteiger partial charge in [-0.2, -0.15) is 0 Å². The van der Waals surface area contributed by atoms with Gasteiger partial charge in [0.05, 0.1) is 5.69 Å². The van der Waals surface area contributed by atoms with Gasteiger partial charge in [-0.05, 0) is 24.0 Å². The molecule has 1 unspecified atom stereocenters. The van der Waals surface area contributed by atoms with Crippen LogP contribution >= 0.6 is 0 Å². The van der Waals surface area contributed by atoms with Gasteiger partial charge in [-0.25, -0.2) is 9.97 Å². The molecule has 0 fully saturated rings. The predicted molar refractivity (Wildman–Crippen MR) is 71.6 cm³/mol. The topological polar surface area (TPSA) is 42.9 Å². The van der Waals surface area contributed by atoms with Gasteiger partial charge in [0.2, 0.25) is 0 Å². The summed E-state index contributed by atoms with van der Waals surface area (Å²) in [6.07, 6.45) is 3.28. The maximum Gasteiger partial charge on any atom is 0.168 e. The van der Waals surface area contributed by atoms with Crippen LogP contribution in [0, 0.1) is 0 Å². The van der Waals surface area contributed by atoms with Crippen LogP contribution in [0.3, 0.4) is 0 Å². The van der Waals surface area contributed by atoms with E-state index in [1.165, 1.54) is 11.9 Å². The normalized spacial score (nSPS) is 12.1. The third kappa shape index (κ3) is 2.62. The van der Waals surface area contributed by atoms with Crippen LogP contribution in [-0.4, -0.2) is 16.3 Å². The molecule has 0 amide bonds. The summed E-state index contributed by atoms with van der Waals surface area (Å²) in [4.78, 5) is 18.7. The largest absolute Gasteiger partial charge is 0.296 e. The van der Waals surface area contributed by atoms with Gasteiger partial charge in [0.1, 0.15) is 12.0 Å². The van der Waals surface area contributed by atoms with Crippen molar-refractivity contribution in [3.8, 4) is 11.3 Å². The number of carbonyl (C=O) groups is 1. The van der Waals surface area contributed by atoms with Crippen molar-refractivity contribution in [2.24, 2.45) is 0 Å². The van der Waals surface area contributed by atoms with Crippen molar-refractivity contribution < 1.29 is 4.79 Å². The smallest absolute Gasteiger partial charge is 0.168 e. The lowest BCUT2D eigenvalue weighted by atomic mass is 9.97. The van der Waals surface area contributed by atoms with E-state index in [9.17, 15) is 4.79 Å². The fraction of sp³-hybridized carbons (Fsp3) is 0.267. The lowest BCUT2D eigenvalue weighted by molar-refractivity contribution is 0.111. The van der Waals surface area contributed by atoms with E-state index in [0.29, 0.717) is 11.6 Å². The quantitative estimate of drug-likeness (QED) is 0.768. The summed E-state index contributed by atoms with van der Waals surface area (Å²) in [5.74, 6) is 0.565. The Balaban J connectivity index is 2.31.